The number of benzene rings is 2. The number of ketones is 2. The summed E-state index contributed by atoms with van der Waals surface area (Å²) in [6.07, 6.45) is 3.77. The first-order valence-corrected chi connectivity index (χ1v) is 9.63. The Morgan fingerprint density at radius 2 is 1.73 bits per heavy atom. The molecule has 1 N–H and O–H groups in total. The molecule has 1 aliphatic heterocycles. The fourth-order valence-corrected chi connectivity index (χ4v) is 4.44. The molecule has 3 nitrogen and oxygen atoms in total. The van der Waals surface area contributed by atoms with E-state index in [0.29, 0.717) is 25.2 Å². The molecule has 3 heteroatoms. The van der Waals surface area contributed by atoms with Gasteiger partial charge in [-0.2, -0.15) is 0 Å². The summed E-state index contributed by atoms with van der Waals surface area (Å²) in [5.74, 6) is 1.25. The van der Waals surface area contributed by atoms with Gasteiger partial charge in [0.25, 0.3) is 0 Å². The maximum Gasteiger partial charge on any atom is 0.163 e. The molecule has 1 fully saturated rings. The molecule has 26 heavy (non-hydrogen) atoms. The van der Waals surface area contributed by atoms with Crippen LogP contribution in [-0.4, -0.2) is 24.7 Å². The van der Waals surface area contributed by atoms with Crippen molar-refractivity contribution in [2.45, 2.75) is 38.0 Å². The first-order chi connectivity index (χ1) is 12.7. The van der Waals surface area contributed by atoms with Crippen molar-refractivity contribution in [1.82, 2.24) is 5.32 Å². The Labute approximate surface area is 154 Å². The number of carbonyl (C=O) groups excluding carboxylic acids is 2. The standard InChI is InChI=1S/C23H25NO2/c25-21-13-18-6-7-19(12-20(18)14-21)23(26)15-22(16-4-2-1-3-5-16)17-8-10-24-11-9-17/h1-7,12,17,22,24H,8-11,13-15H2. The molecule has 1 heterocycles. The number of hydrogen-bond donors (Lipinski definition) is 1. The average molecular weight is 347 g/mol. The van der Waals surface area contributed by atoms with Gasteiger partial charge in [0.2, 0.25) is 0 Å². The molecular weight excluding hydrogens is 322 g/mol. The number of nitrogens with one attached hydrogen (secondary N) is 1. The van der Waals surface area contributed by atoms with E-state index in [2.05, 4.69) is 29.6 Å². The molecule has 0 spiro atoms. The lowest BCUT2D eigenvalue weighted by atomic mass is 9.77. The third kappa shape index (κ3) is 3.63. The van der Waals surface area contributed by atoms with Gasteiger partial charge in [-0.3, -0.25) is 9.59 Å². The van der Waals surface area contributed by atoms with Crippen molar-refractivity contribution in [3.63, 3.8) is 0 Å². The van der Waals surface area contributed by atoms with E-state index >= 15 is 0 Å². The smallest absolute Gasteiger partial charge is 0.163 e. The summed E-state index contributed by atoms with van der Waals surface area (Å²) in [7, 11) is 0. The Balaban J connectivity index is 1.56. The molecule has 1 atom stereocenters. The second kappa shape index (κ2) is 7.55. The fraction of sp³-hybridized carbons (Fsp3) is 0.391. The van der Waals surface area contributed by atoms with Gasteiger partial charge >= 0.3 is 0 Å². The topological polar surface area (TPSA) is 46.2 Å². The van der Waals surface area contributed by atoms with Gasteiger partial charge < -0.3 is 5.32 Å². The van der Waals surface area contributed by atoms with Gasteiger partial charge in [0.05, 0.1) is 0 Å². The monoisotopic (exact) mass is 347 g/mol. The zero-order valence-corrected chi connectivity index (χ0v) is 15.0. The van der Waals surface area contributed by atoms with Gasteiger partial charge in [0, 0.05) is 24.8 Å². The molecule has 1 unspecified atom stereocenters. The van der Waals surface area contributed by atoms with Crippen molar-refractivity contribution in [3.05, 3.63) is 70.8 Å². The van der Waals surface area contributed by atoms with Crippen molar-refractivity contribution in [3.8, 4) is 0 Å². The normalized spacial score (nSPS) is 18.5. The summed E-state index contributed by atoms with van der Waals surface area (Å²) in [5, 5.41) is 3.42. The Hall–Kier alpha value is -2.26. The Morgan fingerprint density at radius 1 is 1.00 bits per heavy atom. The van der Waals surface area contributed by atoms with Crippen LogP contribution in [0.4, 0.5) is 0 Å². The highest BCUT2D eigenvalue weighted by Gasteiger charge is 2.28. The van der Waals surface area contributed by atoms with Crippen LogP contribution in [0.2, 0.25) is 0 Å². The highest BCUT2D eigenvalue weighted by Crippen LogP contribution is 2.35. The van der Waals surface area contributed by atoms with Gasteiger partial charge in [0.15, 0.2) is 5.78 Å². The van der Waals surface area contributed by atoms with Gasteiger partial charge in [-0.1, -0.05) is 42.5 Å². The summed E-state index contributed by atoms with van der Waals surface area (Å²) in [4.78, 5) is 24.7. The van der Waals surface area contributed by atoms with E-state index in [-0.39, 0.29) is 17.5 Å². The maximum absolute atomic E-state index is 13.1. The van der Waals surface area contributed by atoms with Crippen LogP contribution in [0.1, 0.15) is 52.2 Å². The Kier molecular flexibility index (Phi) is 4.98. The lowest BCUT2D eigenvalue weighted by Crippen LogP contribution is -2.31. The van der Waals surface area contributed by atoms with E-state index in [1.54, 1.807) is 0 Å². The number of hydrogen-bond acceptors (Lipinski definition) is 3. The van der Waals surface area contributed by atoms with Gasteiger partial charge in [-0.15, -0.1) is 0 Å². The molecule has 2 aromatic carbocycles. The average Bonchev–Trinajstić information content (AvgIpc) is 3.06. The zero-order chi connectivity index (χ0) is 17.9. The molecule has 0 bridgehead atoms. The van der Waals surface area contributed by atoms with E-state index in [1.807, 2.05) is 24.3 Å². The van der Waals surface area contributed by atoms with Gasteiger partial charge in [-0.05, 0) is 60.5 Å². The highest BCUT2D eigenvalue weighted by molar-refractivity contribution is 5.98. The van der Waals surface area contributed by atoms with Crippen LogP contribution in [0.15, 0.2) is 48.5 Å². The molecule has 2 aromatic rings. The van der Waals surface area contributed by atoms with Crippen molar-refractivity contribution in [2.24, 2.45) is 5.92 Å². The van der Waals surface area contributed by atoms with Crippen LogP contribution in [0.5, 0.6) is 0 Å². The fourth-order valence-electron chi connectivity index (χ4n) is 4.44. The van der Waals surface area contributed by atoms with Crippen molar-refractivity contribution >= 4 is 11.6 Å². The molecule has 1 aliphatic carbocycles. The number of piperidine rings is 1. The largest absolute Gasteiger partial charge is 0.317 e. The maximum atomic E-state index is 13.1. The van der Waals surface area contributed by atoms with Crippen LogP contribution in [0.25, 0.3) is 0 Å². The molecule has 0 radical (unpaired) electrons. The van der Waals surface area contributed by atoms with E-state index in [0.717, 1.165) is 42.6 Å². The van der Waals surface area contributed by atoms with E-state index in [1.165, 1.54) is 5.56 Å². The van der Waals surface area contributed by atoms with Gasteiger partial charge in [0.1, 0.15) is 5.78 Å². The second-order valence-electron chi connectivity index (χ2n) is 7.61. The highest BCUT2D eigenvalue weighted by atomic mass is 16.1. The quantitative estimate of drug-likeness (QED) is 0.839. The number of Topliss-reactive ketones (excluding diaryl/α,β-unsaturated/α-hetero) is 2. The van der Waals surface area contributed by atoms with Crippen molar-refractivity contribution in [2.75, 3.05) is 13.1 Å². The second-order valence-corrected chi connectivity index (χ2v) is 7.61. The van der Waals surface area contributed by atoms with E-state index in [4.69, 9.17) is 0 Å². The van der Waals surface area contributed by atoms with Crippen LogP contribution < -0.4 is 5.32 Å². The molecule has 1 saturated heterocycles. The predicted molar refractivity (Wildman–Crippen MR) is 103 cm³/mol. The van der Waals surface area contributed by atoms with Crippen LogP contribution in [-0.2, 0) is 17.6 Å². The molecule has 4 rings (SSSR count). The summed E-state index contributed by atoms with van der Waals surface area (Å²) >= 11 is 0. The van der Waals surface area contributed by atoms with E-state index in [9.17, 15) is 9.59 Å². The third-order valence-corrected chi connectivity index (χ3v) is 5.89. The third-order valence-electron chi connectivity index (χ3n) is 5.89. The summed E-state index contributed by atoms with van der Waals surface area (Å²) in [6.45, 7) is 2.06. The number of fused-ring (bicyclic) bond motifs is 1. The van der Waals surface area contributed by atoms with Crippen molar-refractivity contribution in [1.29, 1.82) is 0 Å². The summed E-state index contributed by atoms with van der Waals surface area (Å²) in [6, 6.07) is 16.3. The SMILES string of the molecule is O=C1Cc2ccc(C(=O)CC(c3ccccc3)C3CCNCC3)cc2C1. The van der Waals surface area contributed by atoms with Gasteiger partial charge in [-0.25, -0.2) is 0 Å². The lowest BCUT2D eigenvalue weighted by Gasteiger charge is -2.31. The van der Waals surface area contributed by atoms with Crippen LogP contribution in [0.3, 0.4) is 0 Å². The molecule has 134 valence electrons. The minimum atomic E-state index is 0.194. The van der Waals surface area contributed by atoms with Crippen molar-refractivity contribution < 1.29 is 9.59 Å². The van der Waals surface area contributed by atoms with Crippen LogP contribution in [0, 0.1) is 5.92 Å². The minimum absolute atomic E-state index is 0.194. The Bertz CT molecular complexity index is 806. The number of carbonyl (C=O) groups is 2. The molecule has 0 aromatic heterocycles. The summed E-state index contributed by atoms with van der Waals surface area (Å²) in [5.41, 5.74) is 4.15. The Morgan fingerprint density at radius 3 is 2.50 bits per heavy atom. The molecule has 2 aliphatic rings. The zero-order valence-electron chi connectivity index (χ0n) is 15.0. The van der Waals surface area contributed by atoms with E-state index < -0.39 is 0 Å². The predicted octanol–water partition coefficient (Wildman–Crippen LogP) is 3.71. The summed E-state index contributed by atoms with van der Waals surface area (Å²) < 4.78 is 0. The first kappa shape index (κ1) is 17.2. The van der Waals surface area contributed by atoms with Crippen LogP contribution >= 0.6 is 0 Å². The number of rotatable bonds is 5. The molecular formula is C23H25NO2. The molecule has 0 saturated carbocycles. The first-order valence-electron chi connectivity index (χ1n) is 9.63. The molecule has 0 amide bonds. The minimum Gasteiger partial charge on any atom is -0.317 e. The lowest BCUT2D eigenvalue weighted by molar-refractivity contribution is -0.117.